The number of nitrogens with one attached hydrogen (secondary N) is 1. The SMILES string of the molecule is Cc1ccc(-c2nc(CCNC(=O)C3CCCN(S(=O)(=O)c4cccs4)C3)co2)cc1. The number of benzene rings is 1. The second-order valence-electron chi connectivity index (χ2n) is 7.69. The average molecular weight is 460 g/mol. The molecule has 164 valence electrons. The largest absolute Gasteiger partial charge is 0.444 e. The first-order valence-corrected chi connectivity index (χ1v) is 12.6. The van der Waals surface area contributed by atoms with Crippen molar-refractivity contribution in [2.24, 2.45) is 5.92 Å². The Morgan fingerprint density at radius 1 is 1.29 bits per heavy atom. The first-order chi connectivity index (χ1) is 14.9. The van der Waals surface area contributed by atoms with Gasteiger partial charge in [0.2, 0.25) is 11.8 Å². The lowest BCUT2D eigenvalue weighted by Crippen LogP contribution is -2.45. The van der Waals surface area contributed by atoms with E-state index in [9.17, 15) is 13.2 Å². The molecule has 2 aromatic heterocycles. The predicted molar refractivity (Wildman–Crippen MR) is 119 cm³/mol. The summed E-state index contributed by atoms with van der Waals surface area (Å²) in [7, 11) is -3.53. The number of nitrogens with zero attached hydrogens (tertiary/aromatic N) is 2. The standard InChI is InChI=1S/C22H25N3O4S2/c1-16-6-8-17(9-7-16)22-24-19(15-29-22)10-11-23-21(26)18-4-2-12-25(14-18)31(27,28)20-5-3-13-30-20/h3,5-9,13,15,18H,2,4,10-12,14H2,1H3,(H,23,26). The topological polar surface area (TPSA) is 92.5 Å². The predicted octanol–water partition coefficient (Wildman–Crippen LogP) is 3.47. The van der Waals surface area contributed by atoms with Crippen LogP contribution in [0.3, 0.4) is 0 Å². The molecule has 0 bridgehead atoms. The molecule has 3 aromatic rings. The molecular formula is C22H25N3O4S2. The fourth-order valence-corrected chi connectivity index (χ4v) is 6.29. The van der Waals surface area contributed by atoms with Crippen LogP contribution >= 0.6 is 11.3 Å². The molecule has 7 nitrogen and oxygen atoms in total. The minimum atomic E-state index is -3.53. The third-order valence-electron chi connectivity index (χ3n) is 5.37. The number of carbonyl (C=O) groups is 1. The normalized spacial score (nSPS) is 17.5. The first-order valence-electron chi connectivity index (χ1n) is 10.3. The van der Waals surface area contributed by atoms with Gasteiger partial charge in [-0.3, -0.25) is 4.79 Å². The van der Waals surface area contributed by atoms with Crippen LogP contribution in [0, 0.1) is 12.8 Å². The number of amides is 1. The van der Waals surface area contributed by atoms with Crippen LogP contribution in [-0.2, 0) is 21.2 Å². The summed E-state index contributed by atoms with van der Waals surface area (Å²) < 4.78 is 32.8. The van der Waals surface area contributed by atoms with Gasteiger partial charge in [-0.1, -0.05) is 23.8 Å². The van der Waals surface area contributed by atoms with Gasteiger partial charge in [0.1, 0.15) is 10.5 Å². The number of rotatable bonds is 7. The van der Waals surface area contributed by atoms with Crippen molar-refractivity contribution in [2.45, 2.75) is 30.4 Å². The molecule has 0 saturated carbocycles. The highest BCUT2D eigenvalue weighted by molar-refractivity contribution is 7.91. The third-order valence-corrected chi connectivity index (χ3v) is 8.61. The molecule has 1 aliphatic rings. The Morgan fingerprint density at radius 2 is 2.10 bits per heavy atom. The number of aromatic nitrogens is 1. The van der Waals surface area contributed by atoms with Crippen molar-refractivity contribution in [3.05, 3.63) is 59.3 Å². The van der Waals surface area contributed by atoms with Crippen LogP contribution in [0.2, 0.25) is 0 Å². The Balaban J connectivity index is 1.29. The monoisotopic (exact) mass is 459 g/mol. The zero-order valence-corrected chi connectivity index (χ0v) is 18.9. The Hall–Kier alpha value is -2.49. The Bertz CT molecular complexity index is 1120. The summed E-state index contributed by atoms with van der Waals surface area (Å²) in [6.07, 6.45) is 3.51. The van der Waals surface area contributed by atoms with E-state index in [0.717, 1.165) is 11.3 Å². The smallest absolute Gasteiger partial charge is 0.252 e. The van der Waals surface area contributed by atoms with Crippen molar-refractivity contribution in [3.8, 4) is 11.5 Å². The van der Waals surface area contributed by atoms with Gasteiger partial charge in [0.05, 0.1) is 11.6 Å². The van der Waals surface area contributed by atoms with E-state index in [-0.39, 0.29) is 18.4 Å². The molecule has 1 fully saturated rings. The van der Waals surface area contributed by atoms with E-state index in [2.05, 4.69) is 10.3 Å². The molecule has 0 aliphatic carbocycles. The highest BCUT2D eigenvalue weighted by Gasteiger charge is 2.33. The van der Waals surface area contributed by atoms with E-state index >= 15 is 0 Å². The summed E-state index contributed by atoms with van der Waals surface area (Å²) in [6, 6.07) is 11.3. The number of thiophene rings is 1. The molecule has 31 heavy (non-hydrogen) atoms. The van der Waals surface area contributed by atoms with Crippen molar-refractivity contribution in [1.82, 2.24) is 14.6 Å². The molecule has 0 spiro atoms. The van der Waals surface area contributed by atoms with Gasteiger partial charge in [0.15, 0.2) is 0 Å². The zero-order chi connectivity index (χ0) is 21.8. The lowest BCUT2D eigenvalue weighted by atomic mass is 9.99. The molecule has 1 saturated heterocycles. The second-order valence-corrected chi connectivity index (χ2v) is 10.8. The van der Waals surface area contributed by atoms with E-state index in [1.165, 1.54) is 21.2 Å². The number of hydrogen-bond donors (Lipinski definition) is 1. The molecule has 1 unspecified atom stereocenters. The first kappa shape index (κ1) is 21.7. The number of sulfonamides is 1. The lowest BCUT2D eigenvalue weighted by molar-refractivity contribution is -0.126. The van der Waals surface area contributed by atoms with Gasteiger partial charge >= 0.3 is 0 Å². The molecule has 0 radical (unpaired) electrons. The Labute approximate surface area is 186 Å². The maximum atomic E-state index is 12.7. The molecule has 3 heterocycles. The van der Waals surface area contributed by atoms with Gasteiger partial charge in [-0.25, -0.2) is 13.4 Å². The highest BCUT2D eigenvalue weighted by atomic mass is 32.2. The Morgan fingerprint density at radius 3 is 2.84 bits per heavy atom. The van der Waals surface area contributed by atoms with Crippen LogP contribution in [0.1, 0.15) is 24.1 Å². The fourth-order valence-electron chi connectivity index (χ4n) is 3.62. The van der Waals surface area contributed by atoms with Gasteiger partial charge in [-0.15, -0.1) is 11.3 Å². The lowest BCUT2D eigenvalue weighted by Gasteiger charge is -2.30. The number of piperidine rings is 1. The highest BCUT2D eigenvalue weighted by Crippen LogP contribution is 2.26. The number of oxazole rings is 1. The van der Waals surface area contributed by atoms with Gasteiger partial charge in [-0.05, 0) is 43.3 Å². The summed E-state index contributed by atoms with van der Waals surface area (Å²) in [4.78, 5) is 17.1. The molecule has 1 aromatic carbocycles. The molecule has 9 heteroatoms. The van der Waals surface area contributed by atoms with Crippen LogP contribution < -0.4 is 5.32 Å². The van der Waals surface area contributed by atoms with Crippen molar-refractivity contribution in [1.29, 1.82) is 0 Å². The fraction of sp³-hybridized carbons (Fsp3) is 0.364. The summed E-state index contributed by atoms with van der Waals surface area (Å²) in [5, 5.41) is 4.67. The average Bonchev–Trinajstić information content (AvgIpc) is 3.47. The minimum absolute atomic E-state index is 0.117. The molecule has 1 amide bonds. The quantitative estimate of drug-likeness (QED) is 0.584. The van der Waals surface area contributed by atoms with E-state index in [4.69, 9.17) is 4.42 Å². The van der Waals surface area contributed by atoms with Gasteiger partial charge < -0.3 is 9.73 Å². The molecule has 1 atom stereocenters. The van der Waals surface area contributed by atoms with Gasteiger partial charge in [0, 0.05) is 31.6 Å². The van der Waals surface area contributed by atoms with Gasteiger partial charge in [0.25, 0.3) is 10.0 Å². The van der Waals surface area contributed by atoms with Crippen LogP contribution in [0.5, 0.6) is 0 Å². The maximum absolute atomic E-state index is 12.7. The molecular weight excluding hydrogens is 434 g/mol. The van der Waals surface area contributed by atoms with Crippen molar-refractivity contribution >= 4 is 27.3 Å². The van der Waals surface area contributed by atoms with Crippen LogP contribution in [-0.4, -0.2) is 43.2 Å². The van der Waals surface area contributed by atoms with Crippen molar-refractivity contribution < 1.29 is 17.6 Å². The third kappa shape index (κ3) is 5.06. The number of aryl methyl sites for hydroxylation is 1. The van der Waals surface area contributed by atoms with Crippen LogP contribution in [0.25, 0.3) is 11.5 Å². The van der Waals surface area contributed by atoms with Crippen LogP contribution in [0.4, 0.5) is 0 Å². The second kappa shape index (κ2) is 9.33. The van der Waals surface area contributed by atoms with Gasteiger partial charge in [-0.2, -0.15) is 4.31 Å². The van der Waals surface area contributed by atoms with Crippen molar-refractivity contribution in [3.63, 3.8) is 0 Å². The summed E-state index contributed by atoms with van der Waals surface area (Å²) in [5.41, 5.74) is 2.85. The summed E-state index contributed by atoms with van der Waals surface area (Å²) in [5.74, 6) is 0.0975. The molecule has 4 rings (SSSR count). The number of hydrogen-bond acceptors (Lipinski definition) is 6. The Kier molecular flexibility index (Phi) is 6.54. The van der Waals surface area contributed by atoms with E-state index in [1.54, 1.807) is 23.8 Å². The summed E-state index contributed by atoms with van der Waals surface area (Å²) >= 11 is 1.20. The molecule has 1 aliphatic heterocycles. The zero-order valence-electron chi connectivity index (χ0n) is 17.3. The minimum Gasteiger partial charge on any atom is -0.444 e. The van der Waals surface area contributed by atoms with E-state index in [0.29, 0.717) is 42.5 Å². The van der Waals surface area contributed by atoms with E-state index < -0.39 is 10.0 Å². The van der Waals surface area contributed by atoms with Crippen LogP contribution in [0.15, 0.2) is 56.7 Å². The summed E-state index contributed by atoms with van der Waals surface area (Å²) in [6.45, 7) is 3.11. The van der Waals surface area contributed by atoms with Crippen molar-refractivity contribution in [2.75, 3.05) is 19.6 Å². The number of carbonyl (C=O) groups excluding carboxylic acids is 1. The molecule has 1 N–H and O–H groups in total. The van der Waals surface area contributed by atoms with E-state index in [1.807, 2.05) is 31.2 Å². The maximum Gasteiger partial charge on any atom is 0.252 e.